The van der Waals surface area contributed by atoms with Gasteiger partial charge in [-0.3, -0.25) is 25.0 Å². The second-order valence-electron chi connectivity index (χ2n) is 9.77. The number of anilines is 1. The third-order valence-electron chi connectivity index (χ3n) is 6.55. The van der Waals surface area contributed by atoms with Gasteiger partial charge in [-0.2, -0.15) is 10.2 Å². The number of hydrogen-bond donors (Lipinski definition) is 1. The molecule has 1 fully saturated rings. The van der Waals surface area contributed by atoms with Gasteiger partial charge in [-0.15, -0.1) is 0 Å². The van der Waals surface area contributed by atoms with Crippen LogP contribution in [0.25, 0.3) is 0 Å². The second kappa shape index (κ2) is 14.2. The first-order valence-electron chi connectivity index (χ1n) is 13.1. The van der Waals surface area contributed by atoms with Gasteiger partial charge in [0.25, 0.3) is 5.91 Å². The monoisotopic (exact) mass is 526 g/mol. The van der Waals surface area contributed by atoms with E-state index >= 15 is 0 Å². The highest BCUT2D eigenvalue weighted by molar-refractivity contribution is 6.32. The van der Waals surface area contributed by atoms with E-state index in [1.165, 1.54) is 6.20 Å². The van der Waals surface area contributed by atoms with E-state index in [0.29, 0.717) is 17.9 Å². The van der Waals surface area contributed by atoms with Crippen LogP contribution in [0.1, 0.15) is 49.4 Å². The Morgan fingerprint density at radius 1 is 1.19 bits per heavy atom. The quantitative estimate of drug-likeness (QED) is 0.421. The van der Waals surface area contributed by atoms with E-state index in [2.05, 4.69) is 50.0 Å². The SMILES string of the molecule is CCN(CC)CCN1CCN(Cc2cccc(C(=O)NN(CC(C)C)c3nc(C#N)ncc3Cl)c2)CC1. The second-order valence-corrected chi connectivity index (χ2v) is 10.2. The molecule has 0 spiro atoms. The van der Waals surface area contributed by atoms with Gasteiger partial charge in [0.2, 0.25) is 5.82 Å². The van der Waals surface area contributed by atoms with Crippen molar-refractivity contribution in [1.29, 1.82) is 5.26 Å². The summed E-state index contributed by atoms with van der Waals surface area (Å²) >= 11 is 6.32. The number of nitriles is 1. The molecule has 0 bridgehead atoms. The van der Waals surface area contributed by atoms with Gasteiger partial charge in [0, 0.05) is 57.9 Å². The van der Waals surface area contributed by atoms with Gasteiger partial charge >= 0.3 is 0 Å². The molecule has 1 N–H and O–H groups in total. The lowest BCUT2D eigenvalue weighted by atomic mass is 10.1. The fourth-order valence-corrected chi connectivity index (χ4v) is 4.59. The predicted molar refractivity (Wildman–Crippen MR) is 147 cm³/mol. The molecular weight excluding hydrogens is 488 g/mol. The van der Waals surface area contributed by atoms with E-state index in [9.17, 15) is 10.1 Å². The molecule has 3 rings (SSSR count). The molecule has 200 valence electrons. The van der Waals surface area contributed by atoms with E-state index < -0.39 is 0 Å². The Kier molecular flexibility index (Phi) is 11.1. The van der Waals surface area contributed by atoms with Crippen LogP contribution in [0.2, 0.25) is 5.02 Å². The maximum atomic E-state index is 13.2. The number of carbonyl (C=O) groups excluding carboxylic acids is 1. The number of nitrogens with zero attached hydrogens (tertiary/aromatic N) is 7. The molecule has 9 nitrogen and oxygen atoms in total. The lowest BCUT2D eigenvalue weighted by molar-refractivity contribution is 0.0946. The summed E-state index contributed by atoms with van der Waals surface area (Å²) < 4.78 is 0. The smallest absolute Gasteiger partial charge is 0.269 e. The van der Waals surface area contributed by atoms with Crippen molar-refractivity contribution >= 4 is 23.3 Å². The van der Waals surface area contributed by atoms with Crippen LogP contribution >= 0.6 is 11.6 Å². The molecule has 1 aliphatic heterocycles. The van der Waals surface area contributed by atoms with Crippen LogP contribution in [0.3, 0.4) is 0 Å². The lowest BCUT2D eigenvalue weighted by Crippen LogP contribution is -2.48. The Bertz CT molecular complexity index is 1060. The summed E-state index contributed by atoms with van der Waals surface area (Å²) in [6.07, 6.45) is 1.38. The van der Waals surface area contributed by atoms with Crippen LogP contribution in [-0.4, -0.2) is 89.5 Å². The first-order valence-corrected chi connectivity index (χ1v) is 13.5. The average Bonchev–Trinajstić information content (AvgIpc) is 2.90. The van der Waals surface area contributed by atoms with E-state index in [0.717, 1.165) is 64.5 Å². The lowest BCUT2D eigenvalue weighted by Gasteiger charge is -2.35. The summed E-state index contributed by atoms with van der Waals surface area (Å²) in [6.45, 7) is 18.4. The van der Waals surface area contributed by atoms with Crippen LogP contribution < -0.4 is 10.4 Å². The number of hydrazine groups is 1. The van der Waals surface area contributed by atoms with E-state index in [-0.39, 0.29) is 22.7 Å². The van der Waals surface area contributed by atoms with Crippen molar-refractivity contribution in [1.82, 2.24) is 30.1 Å². The molecule has 1 aromatic carbocycles. The van der Waals surface area contributed by atoms with Crippen molar-refractivity contribution in [3.63, 3.8) is 0 Å². The molecule has 0 atom stereocenters. The normalized spacial score (nSPS) is 14.6. The number of halogens is 1. The number of benzene rings is 1. The minimum atomic E-state index is -0.253. The van der Waals surface area contributed by atoms with E-state index in [1.54, 1.807) is 11.1 Å². The molecule has 1 saturated heterocycles. The highest BCUT2D eigenvalue weighted by Crippen LogP contribution is 2.22. The maximum Gasteiger partial charge on any atom is 0.269 e. The Morgan fingerprint density at radius 2 is 1.89 bits per heavy atom. The molecule has 2 aromatic rings. The summed E-state index contributed by atoms with van der Waals surface area (Å²) in [5, 5.41) is 11.1. The summed E-state index contributed by atoms with van der Waals surface area (Å²) in [6, 6.07) is 9.66. The molecule has 0 unspecified atom stereocenters. The van der Waals surface area contributed by atoms with Crippen LogP contribution in [0.15, 0.2) is 30.5 Å². The van der Waals surface area contributed by atoms with Crippen molar-refractivity contribution in [3.8, 4) is 6.07 Å². The first kappa shape index (κ1) is 28.8. The van der Waals surface area contributed by atoms with Crippen LogP contribution in [0, 0.1) is 17.2 Å². The highest BCUT2D eigenvalue weighted by atomic mass is 35.5. The first-order chi connectivity index (χ1) is 17.8. The minimum Gasteiger partial charge on any atom is -0.303 e. The fraction of sp³-hybridized carbons (Fsp3) is 0.556. The Balaban J connectivity index is 1.61. The number of rotatable bonds is 12. The van der Waals surface area contributed by atoms with Crippen molar-refractivity contribution in [2.45, 2.75) is 34.2 Å². The largest absolute Gasteiger partial charge is 0.303 e. The van der Waals surface area contributed by atoms with Gasteiger partial charge in [-0.05, 0) is 36.7 Å². The zero-order chi connectivity index (χ0) is 26.8. The maximum absolute atomic E-state index is 13.2. The van der Waals surface area contributed by atoms with Crippen molar-refractivity contribution in [2.75, 3.05) is 63.9 Å². The summed E-state index contributed by atoms with van der Waals surface area (Å²) in [7, 11) is 0. The standard InChI is InChI=1S/C27H39ClN8O/c1-5-33(6-2)10-11-34-12-14-35(15-13-34)20-22-8-7-9-23(16-22)27(37)32-36(19-21(3)4)26-24(28)18-30-25(17-29)31-26/h7-9,16,18,21H,5-6,10-15,19-20H2,1-4H3,(H,32,37). The number of hydrogen-bond acceptors (Lipinski definition) is 8. The highest BCUT2D eigenvalue weighted by Gasteiger charge is 2.20. The van der Waals surface area contributed by atoms with E-state index in [4.69, 9.17) is 11.6 Å². The van der Waals surface area contributed by atoms with Crippen LogP contribution in [-0.2, 0) is 6.54 Å². The van der Waals surface area contributed by atoms with Gasteiger partial charge in [-0.25, -0.2) is 4.98 Å². The van der Waals surface area contributed by atoms with Gasteiger partial charge < -0.3 is 4.90 Å². The summed E-state index contributed by atoms with van der Waals surface area (Å²) in [5.41, 5.74) is 4.60. The topological polar surface area (TPSA) is 91.6 Å². The van der Waals surface area contributed by atoms with Crippen LogP contribution in [0.4, 0.5) is 5.82 Å². The Labute approximate surface area is 226 Å². The number of likely N-dealkylation sites (N-methyl/N-ethyl adjacent to an activating group) is 1. The third-order valence-corrected chi connectivity index (χ3v) is 6.82. The minimum absolute atomic E-state index is 0.00227. The Hall–Kier alpha value is -2.77. The number of piperazine rings is 1. The van der Waals surface area contributed by atoms with Gasteiger partial charge in [0.1, 0.15) is 11.1 Å². The van der Waals surface area contributed by atoms with Crippen LogP contribution in [0.5, 0.6) is 0 Å². The molecule has 2 heterocycles. The average molecular weight is 527 g/mol. The van der Waals surface area contributed by atoms with Crippen molar-refractivity contribution in [3.05, 3.63) is 52.4 Å². The fourth-order valence-electron chi connectivity index (χ4n) is 4.40. The number of aromatic nitrogens is 2. The number of nitrogens with one attached hydrogen (secondary N) is 1. The van der Waals surface area contributed by atoms with Crippen molar-refractivity contribution in [2.24, 2.45) is 5.92 Å². The number of amides is 1. The van der Waals surface area contributed by atoms with Crippen molar-refractivity contribution < 1.29 is 4.79 Å². The van der Waals surface area contributed by atoms with E-state index in [1.807, 2.05) is 32.0 Å². The van der Waals surface area contributed by atoms with Gasteiger partial charge in [0.05, 0.1) is 6.20 Å². The third kappa shape index (κ3) is 8.64. The molecule has 1 aromatic heterocycles. The van der Waals surface area contributed by atoms with Gasteiger partial charge in [-0.1, -0.05) is 51.4 Å². The molecule has 10 heteroatoms. The summed E-state index contributed by atoms with van der Waals surface area (Å²) in [5.74, 6) is 0.272. The zero-order valence-electron chi connectivity index (χ0n) is 22.5. The molecule has 0 radical (unpaired) electrons. The number of carbonyl (C=O) groups is 1. The Morgan fingerprint density at radius 3 is 2.54 bits per heavy atom. The molecular formula is C27H39ClN8O. The molecule has 1 aliphatic rings. The molecule has 0 saturated carbocycles. The predicted octanol–water partition coefficient (Wildman–Crippen LogP) is 3.27. The molecule has 0 aliphatic carbocycles. The zero-order valence-corrected chi connectivity index (χ0v) is 23.2. The molecule has 1 amide bonds. The summed E-state index contributed by atoms with van der Waals surface area (Å²) in [4.78, 5) is 28.8. The van der Waals surface area contributed by atoms with Gasteiger partial charge in [0.15, 0.2) is 5.82 Å². The molecule has 37 heavy (non-hydrogen) atoms.